The lowest BCUT2D eigenvalue weighted by molar-refractivity contribution is -0.116. The van der Waals surface area contributed by atoms with Gasteiger partial charge in [-0.2, -0.15) is 4.31 Å². The Labute approximate surface area is 157 Å². The summed E-state index contributed by atoms with van der Waals surface area (Å²) in [6.45, 7) is 1.35. The number of carbonyl (C=O) groups is 1. The molecule has 0 bridgehead atoms. The summed E-state index contributed by atoms with van der Waals surface area (Å²) >= 11 is 0. The van der Waals surface area contributed by atoms with E-state index < -0.39 is 21.7 Å². The molecule has 0 atom stereocenters. The van der Waals surface area contributed by atoms with Crippen molar-refractivity contribution in [3.63, 3.8) is 0 Å². The number of carbonyl (C=O) groups excluding carboxylic acids is 1. The molecular formula is C18H22FN3O4S. The summed E-state index contributed by atoms with van der Waals surface area (Å²) in [5, 5.41) is 6.24. The van der Waals surface area contributed by atoms with E-state index in [1.165, 1.54) is 16.4 Å². The van der Waals surface area contributed by atoms with Gasteiger partial charge in [-0.15, -0.1) is 0 Å². The number of hydrogen-bond donors (Lipinski definition) is 1. The normalized spacial score (nSPS) is 15.8. The summed E-state index contributed by atoms with van der Waals surface area (Å²) in [6, 6.07) is 5.93. The highest BCUT2D eigenvalue weighted by Crippen LogP contribution is 2.28. The second-order valence-corrected chi connectivity index (χ2v) is 8.56. The van der Waals surface area contributed by atoms with Crippen molar-refractivity contribution in [3.05, 3.63) is 41.9 Å². The van der Waals surface area contributed by atoms with Crippen LogP contribution in [0.15, 0.2) is 39.8 Å². The fourth-order valence-electron chi connectivity index (χ4n) is 3.27. The highest BCUT2D eigenvalue weighted by molar-refractivity contribution is 7.89. The van der Waals surface area contributed by atoms with Gasteiger partial charge >= 0.3 is 0 Å². The second-order valence-electron chi connectivity index (χ2n) is 6.67. The van der Waals surface area contributed by atoms with Gasteiger partial charge < -0.3 is 9.84 Å². The predicted molar refractivity (Wildman–Crippen MR) is 97.0 cm³/mol. The molecular weight excluding hydrogens is 373 g/mol. The minimum atomic E-state index is -3.94. The zero-order valence-electron chi connectivity index (χ0n) is 15.0. The fourth-order valence-corrected chi connectivity index (χ4v) is 4.91. The molecule has 1 heterocycles. The van der Waals surface area contributed by atoms with Crippen LogP contribution in [-0.2, 0) is 14.8 Å². The number of anilines is 1. The lowest BCUT2D eigenvalue weighted by Crippen LogP contribution is -2.45. The van der Waals surface area contributed by atoms with Gasteiger partial charge in [-0.3, -0.25) is 4.79 Å². The Morgan fingerprint density at radius 3 is 2.52 bits per heavy atom. The molecule has 1 aromatic carbocycles. The monoisotopic (exact) mass is 395 g/mol. The standard InChI is InChI=1S/C18H22FN3O4S/c1-13-11-17(21-26-13)20-18(23)12-22(15-5-3-2-4-6-15)27(24,25)16-9-7-14(19)8-10-16/h7-11,15H,2-6,12H2,1H3,(H,20,21,23). The molecule has 0 unspecified atom stereocenters. The zero-order chi connectivity index (χ0) is 19.4. The van der Waals surface area contributed by atoms with Crippen LogP contribution < -0.4 is 5.32 Å². The van der Waals surface area contributed by atoms with Crippen LogP contribution in [0.1, 0.15) is 37.9 Å². The molecule has 27 heavy (non-hydrogen) atoms. The van der Waals surface area contributed by atoms with Crippen molar-refractivity contribution < 1.29 is 22.1 Å². The average Bonchev–Trinajstić information content (AvgIpc) is 3.05. The first-order valence-corrected chi connectivity index (χ1v) is 10.3. The summed E-state index contributed by atoms with van der Waals surface area (Å²) < 4.78 is 45.6. The Hall–Kier alpha value is -2.26. The number of rotatable bonds is 6. The quantitative estimate of drug-likeness (QED) is 0.811. The maximum atomic E-state index is 13.2. The summed E-state index contributed by atoms with van der Waals surface area (Å²) in [4.78, 5) is 12.4. The van der Waals surface area contributed by atoms with Gasteiger partial charge in [-0.05, 0) is 44.0 Å². The van der Waals surface area contributed by atoms with E-state index in [-0.39, 0.29) is 23.3 Å². The van der Waals surface area contributed by atoms with Gasteiger partial charge in [0.15, 0.2) is 5.82 Å². The molecule has 1 aliphatic carbocycles. The van der Waals surface area contributed by atoms with E-state index in [4.69, 9.17) is 4.52 Å². The highest BCUT2D eigenvalue weighted by atomic mass is 32.2. The zero-order valence-corrected chi connectivity index (χ0v) is 15.8. The molecule has 1 N–H and O–H groups in total. The Morgan fingerprint density at radius 2 is 1.93 bits per heavy atom. The largest absolute Gasteiger partial charge is 0.360 e. The number of amides is 1. The third-order valence-electron chi connectivity index (χ3n) is 4.60. The van der Waals surface area contributed by atoms with Gasteiger partial charge in [0.2, 0.25) is 15.9 Å². The van der Waals surface area contributed by atoms with Gasteiger partial charge in [0.05, 0.1) is 11.4 Å². The first-order chi connectivity index (χ1) is 12.9. The molecule has 1 aromatic heterocycles. The van der Waals surface area contributed by atoms with Crippen molar-refractivity contribution in [1.82, 2.24) is 9.46 Å². The van der Waals surface area contributed by atoms with E-state index in [1.54, 1.807) is 13.0 Å². The Kier molecular flexibility index (Phi) is 5.91. The number of halogens is 1. The van der Waals surface area contributed by atoms with Crippen LogP contribution in [-0.4, -0.2) is 36.4 Å². The van der Waals surface area contributed by atoms with Crippen LogP contribution in [0.3, 0.4) is 0 Å². The molecule has 0 spiro atoms. The van der Waals surface area contributed by atoms with E-state index in [0.717, 1.165) is 31.4 Å². The fraction of sp³-hybridized carbons (Fsp3) is 0.444. The predicted octanol–water partition coefficient (Wildman–Crippen LogP) is 3.08. The summed E-state index contributed by atoms with van der Waals surface area (Å²) in [5.74, 6) is -0.245. The number of hydrogen-bond acceptors (Lipinski definition) is 5. The van der Waals surface area contributed by atoms with Crippen molar-refractivity contribution in [2.75, 3.05) is 11.9 Å². The van der Waals surface area contributed by atoms with E-state index >= 15 is 0 Å². The SMILES string of the molecule is Cc1cc(NC(=O)CN(C2CCCCC2)S(=O)(=O)c2ccc(F)cc2)no1. The topological polar surface area (TPSA) is 92.5 Å². The van der Waals surface area contributed by atoms with Crippen molar-refractivity contribution >= 4 is 21.7 Å². The summed E-state index contributed by atoms with van der Waals surface area (Å²) in [6.07, 6.45) is 4.24. The molecule has 3 rings (SSSR count). The summed E-state index contributed by atoms with van der Waals surface area (Å²) in [7, 11) is -3.94. The molecule has 2 aromatic rings. The van der Waals surface area contributed by atoms with Crippen LogP contribution in [0.4, 0.5) is 10.2 Å². The molecule has 0 radical (unpaired) electrons. The van der Waals surface area contributed by atoms with E-state index in [9.17, 15) is 17.6 Å². The van der Waals surface area contributed by atoms with Crippen LogP contribution in [0, 0.1) is 12.7 Å². The van der Waals surface area contributed by atoms with Crippen LogP contribution in [0.25, 0.3) is 0 Å². The van der Waals surface area contributed by atoms with Crippen LogP contribution in [0.2, 0.25) is 0 Å². The molecule has 1 amide bonds. The van der Waals surface area contributed by atoms with Crippen molar-refractivity contribution in [2.24, 2.45) is 0 Å². The Morgan fingerprint density at radius 1 is 1.26 bits per heavy atom. The maximum absolute atomic E-state index is 13.2. The minimum Gasteiger partial charge on any atom is -0.360 e. The molecule has 9 heteroatoms. The maximum Gasteiger partial charge on any atom is 0.243 e. The number of aromatic nitrogens is 1. The van der Waals surface area contributed by atoms with E-state index in [2.05, 4.69) is 10.5 Å². The average molecular weight is 395 g/mol. The Balaban J connectivity index is 1.83. The summed E-state index contributed by atoms with van der Waals surface area (Å²) in [5.41, 5.74) is 0. The minimum absolute atomic E-state index is 0.0282. The van der Waals surface area contributed by atoms with Gasteiger partial charge in [-0.25, -0.2) is 12.8 Å². The first kappa shape index (κ1) is 19.5. The molecule has 1 saturated carbocycles. The lowest BCUT2D eigenvalue weighted by Gasteiger charge is -2.32. The third kappa shape index (κ3) is 4.72. The van der Waals surface area contributed by atoms with E-state index in [0.29, 0.717) is 18.6 Å². The number of nitrogens with one attached hydrogen (secondary N) is 1. The number of nitrogens with zero attached hydrogens (tertiary/aromatic N) is 2. The third-order valence-corrected chi connectivity index (χ3v) is 6.51. The first-order valence-electron chi connectivity index (χ1n) is 8.87. The molecule has 0 saturated heterocycles. The van der Waals surface area contributed by atoms with Crippen LogP contribution in [0.5, 0.6) is 0 Å². The molecule has 146 valence electrons. The van der Waals surface area contributed by atoms with Gasteiger partial charge in [-0.1, -0.05) is 24.4 Å². The molecule has 1 aliphatic rings. The van der Waals surface area contributed by atoms with Crippen molar-refractivity contribution in [2.45, 2.75) is 50.0 Å². The number of aryl methyl sites for hydroxylation is 1. The number of benzene rings is 1. The number of sulfonamides is 1. The smallest absolute Gasteiger partial charge is 0.243 e. The van der Waals surface area contributed by atoms with Crippen molar-refractivity contribution in [1.29, 1.82) is 0 Å². The van der Waals surface area contributed by atoms with Gasteiger partial charge in [0.25, 0.3) is 0 Å². The molecule has 0 aliphatic heterocycles. The van der Waals surface area contributed by atoms with Gasteiger partial charge in [0, 0.05) is 12.1 Å². The van der Waals surface area contributed by atoms with E-state index in [1.807, 2.05) is 0 Å². The molecule has 7 nitrogen and oxygen atoms in total. The van der Waals surface area contributed by atoms with Gasteiger partial charge in [0.1, 0.15) is 11.6 Å². The Bertz CT molecular complexity index is 890. The molecule has 1 fully saturated rings. The highest BCUT2D eigenvalue weighted by Gasteiger charge is 2.34. The lowest BCUT2D eigenvalue weighted by atomic mass is 9.95. The van der Waals surface area contributed by atoms with Crippen LogP contribution >= 0.6 is 0 Å². The van der Waals surface area contributed by atoms with Crippen molar-refractivity contribution in [3.8, 4) is 0 Å². The second kappa shape index (κ2) is 8.18.